The van der Waals surface area contributed by atoms with E-state index in [1.54, 1.807) is 0 Å². The highest BCUT2D eigenvalue weighted by atomic mass is 32.1. The number of hydrogen-bond acceptors (Lipinski definition) is 7. The second-order valence-corrected chi connectivity index (χ2v) is 11.4. The van der Waals surface area contributed by atoms with Gasteiger partial charge in [-0.3, -0.25) is 9.59 Å². The fraction of sp³-hybridized carbons (Fsp3) is 0.560. The number of nitrogens with zero attached hydrogens (tertiary/aromatic N) is 3. The predicted octanol–water partition coefficient (Wildman–Crippen LogP) is 3.33. The Morgan fingerprint density at radius 2 is 1.74 bits per heavy atom. The monoisotopic (exact) mass is 577 g/mol. The maximum atomic E-state index is 14.1. The standard InChI is InChI=1S/C25H28F5N3O5S/c1-12-6-14(23(3,38)25(28,29)30)4-5-17(12)19-18(21(36)33-11-24(26,27)8-13(33)2)31-20(39-19)22(37)32-9-15(34)7-16(35)10-32/h4-6,13,15-16,34-35,38H,7-11H2,1-3H3/t13-,15-,16+,23?/m0/s1. The normalized spacial score (nSPS) is 25.1. The molecule has 3 N–H and O–H groups in total. The minimum absolute atomic E-state index is 0.0743. The molecule has 4 rings (SSSR count). The Labute approximate surface area is 224 Å². The van der Waals surface area contributed by atoms with Crippen molar-refractivity contribution in [1.29, 1.82) is 0 Å². The second kappa shape index (κ2) is 10.1. The molecule has 0 aliphatic carbocycles. The minimum Gasteiger partial charge on any atom is -0.391 e. The summed E-state index contributed by atoms with van der Waals surface area (Å²) in [4.78, 5) is 33.1. The quantitative estimate of drug-likeness (QED) is 0.481. The average Bonchev–Trinajstić information content (AvgIpc) is 3.36. The van der Waals surface area contributed by atoms with Gasteiger partial charge in [-0.15, -0.1) is 11.3 Å². The van der Waals surface area contributed by atoms with Crippen LogP contribution in [0.4, 0.5) is 22.0 Å². The first-order chi connectivity index (χ1) is 17.9. The van der Waals surface area contributed by atoms with E-state index in [0.29, 0.717) is 6.92 Å². The Kier molecular flexibility index (Phi) is 7.56. The molecule has 1 unspecified atom stereocenters. The van der Waals surface area contributed by atoms with Crippen molar-refractivity contribution in [2.24, 2.45) is 0 Å². The van der Waals surface area contributed by atoms with E-state index in [-0.39, 0.29) is 46.2 Å². The number of carbonyl (C=O) groups is 2. The number of carbonyl (C=O) groups excluding carboxylic acids is 2. The highest BCUT2D eigenvalue weighted by Gasteiger charge is 2.51. The van der Waals surface area contributed by atoms with Gasteiger partial charge in [-0.2, -0.15) is 13.2 Å². The van der Waals surface area contributed by atoms with Crippen LogP contribution in [-0.2, 0) is 5.60 Å². The molecule has 3 heterocycles. The second-order valence-electron chi connectivity index (χ2n) is 10.4. The number of halogens is 5. The SMILES string of the molecule is Cc1cc(C(C)(O)C(F)(F)F)ccc1-c1sc(C(=O)N2C[C@H](O)C[C@H](O)C2)nc1C(=O)N1CC(F)(F)C[C@@H]1C. The molecular formula is C25H28F5N3O5S. The summed E-state index contributed by atoms with van der Waals surface area (Å²) in [6, 6.07) is 2.55. The molecule has 2 amide bonds. The summed E-state index contributed by atoms with van der Waals surface area (Å²) in [5, 5.41) is 29.8. The number of aliphatic hydroxyl groups excluding tert-OH is 2. The molecule has 214 valence electrons. The molecule has 0 bridgehead atoms. The topological polar surface area (TPSA) is 114 Å². The van der Waals surface area contributed by atoms with Crippen LogP contribution in [-0.4, -0.2) is 91.9 Å². The maximum Gasteiger partial charge on any atom is 0.421 e. The number of thiazole rings is 1. The number of alkyl halides is 5. The van der Waals surface area contributed by atoms with Crippen molar-refractivity contribution in [3.8, 4) is 10.4 Å². The maximum absolute atomic E-state index is 14.1. The first-order valence-corrected chi connectivity index (χ1v) is 13.0. The predicted molar refractivity (Wildman–Crippen MR) is 131 cm³/mol. The number of hydrogen-bond donors (Lipinski definition) is 3. The lowest BCUT2D eigenvalue weighted by Crippen LogP contribution is -2.48. The van der Waals surface area contributed by atoms with Gasteiger partial charge < -0.3 is 25.1 Å². The van der Waals surface area contributed by atoms with Crippen LogP contribution in [0.25, 0.3) is 10.4 Å². The summed E-state index contributed by atoms with van der Waals surface area (Å²) < 4.78 is 68.3. The highest BCUT2D eigenvalue weighted by Crippen LogP contribution is 2.42. The molecule has 1 aromatic heterocycles. The van der Waals surface area contributed by atoms with E-state index in [1.165, 1.54) is 24.8 Å². The molecule has 0 spiro atoms. The molecule has 2 fully saturated rings. The van der Waals surface area contributed by atoms with Gasteiger partial charge in [-0.1, -0.05) is 18.2 Å². The van der Waals surface area contributed by atoms with Crippen LogP contribution < -0.4 is 0 Å². The Morgan fingerprint density at radius 1 is 1.13 bits per heavy atom. The number of benzene rings is 1. The zero-order chi connectivity index (χ0) is 29.1. The van der Waals surface area contributed by atoms with Crippen molar-refractivity contribution in [1.82, 2.24) is 14.8 Å². The Bertz CT molecular complexity index is 1270. The summed E-state index contributed by atoms with van der Waals surface area (Å²) in [5.74, 6) is -4.69. The molecule has 2 aliphatic rings. The number of aromatic nitrogens is 1. The molecule has 1 aromatic carbocycles. The molecule has 2 aromatic rings. The first-order valence-electron chi connectivity index (χ1n) is 12.2. The van der Waals surface area contributed by atoms with Gasteiger partial charge in [0.25, 0.3) is 17.7 Å². The van der Waals surface area contributed by atoms with E-state index in [4.69, 9.17) is 0 Å². The molecule has 0 radical (unpaired) electrons. The van der Waals surface area contributed by atoms with Gasteiger partial charge in [0.2, 0.25) is 0 Å². The lowest BCUT2D eigenvalue weighted by atomic mass is 9.91. The summed E-state index contributed by atoms with van der Waals surface area (Å²) in [5.41, 5.74) is -3.47. The third-order valence-electron chi connectivity index (χ3n) is 7.08. The first kappa shape index (κ1) is 29.3. The molecule has 2 saturated heterocycles. The number of aryl methyl sites for hydroxylation is 1. The van der Waals surface area contributed by atoms with Gasteiger partial charge in [0, 0.05) is 32.0 Å². The van der Waals surface area contributed by atoms with Crippen molar-refractivity contribution in [2.75, 3.05) is 19.6 Å². The van der Waals surface area contributed by atoms with Crippen molar-refractivity contribution in [3.63, 3.8) is 0 Å². The van der Waals surface area contributed by atoms with E-state index >= 15 is 0 Å². The van der Waals surface area contributed by atoms with E-state index in [0.717, 1.165) is 28.4 Å². The zero-order valence-corrected chi connectivity index (χ0v) is 22.1. The zero-order valence-electron chi connectivity index (χ0n) is 21.3. The van der Waals surface area contributed by atoms with Crippen LogP contribution in [0.3, 0.4) is 0 Å². The van der Waals surface area contributed by atoms with Crippen molar-refractivity contribution >= 4 is 23.2 Å². The smallest absolute Gasteiger partial charge is 0.391 e. The lowest BCUT2D eigenvalue weighted by molar-refractivity contribution is -0.258. The van der Waals surface area contributed by atoms with Crippen molar-refractivity contribution in [3.05, 3.63) is 40.0 Å². The summed E-state index contributed by atoms with van der Waals surface area (Å²) in [6.07, 6.45) is -7.42. The number of piperidine rings is 1. The van der Waals surface area contributed by atoms with Gasteiger partial charge in [0.1, 0.15) is 5.69 Å². The number of amides is 2. The Hall–Kier alpha value is -2.68. The molecule has 39 heavy (non-hydrogen) atoms. The van der Waals surface area contributed by atoms with Crippen LogP contribution >= 0.6 is 11.3 Å². The van der Waals surface area contributed by atoms with Crippen LogP contribution in [0.1, 0.15) is 58.1 Å². The summed E-state index contributed by atoms with van der Waals surface area (Å²) in [6.45, 7) is 2.46. The van der Waals surface area contributed by atoms with E-state index < -0.39 is 66.3 Å². The Balaban J connectivity index is 1.79. The van der Waals surface area contributed by atoms with E-state index in [9.17, 15) is 46.9 Å². The van der Waals surface area contributed by atoms with Gasteiger partial charge in [-0.25, -0.2) is 13.8 Å². The molecule has 4 atom stereocenters. The van der Waals surface area contributed by atoms with Crippen molar-refractivity contribution < 1.29 is 46.9 Å². The molecule has 0 saturated carbocycles. The fourth-order valence-electron chi connectivity index (χ4n) is 4.89. The van der Waals surface area contributed by atoms with Crippen LogP contribution in [0, 0.1) is 6.92 Å². The fourth-order valence-corrected chi connectivity index (χ4v) is 6.01. The van der Waals surface area contributed by atoms with Gasteiger partial charge in [0.05, 0.1) is 23.6 Å². The number of aliphatic hydroxyl groups is 3. The average molecular weight is 578 g/mol. The van der Waals surface area contributed by atoms with Gasteiger partial charge in [0.15, 0.2) is 10.6 Å². The van der Waals surface area contributed by atoms with Crippen LogP contribution in [0.5, 0.6) is 0 Å². The molecule has 8 nitrogen and oxygen atoms in total. The molecular weight excluding hydrogens is 549 g/mol. The number of likely N-dealkylation sites (tertiary alicyclic amines) is 2. The van der Waals surface area contributed by atoms with Crippen LogP contribution in [0.15, 0.2) is 18.2 Å². The third kappa shape index (κ3) is 5.65. The van der Waals surface area contributed by atoms with Gasteiger partial charge in [-0.05, 0) is 37.5 Å². The summed E-state index contributed by atoms with van der Waals surface area (Å²) in [7, 11) is 0. The highest BCUT2D eigenvalue weighted by molar-refractivity contribution is 7.17. The lowest BCUT2D eigenvalue weighted by Gasteiger charge is -2.32. The van der Waals surface area contributed by atoms with Gasteiger partial charge >= 0.3 is 6.18 Å². The molecule has 14 heteroatoms. The van der Waals surface area contributed by atoms with E-state index in [1.807, 2.05) is 0 Å². The third-order valence-corrected chi connectivity index (χ3v) is 8.16. The number of rotatable bonds is 4. The van der Waals surface area contributed by atoms with Crippen LogP contribution in [0.2, 0.25) is 0 Å². The summed E-state index contributed by atoms with van der Waals surface area (Å²) >= 11 is 0.753. The van der Waals surface area contributed by atoms with E-state index in [2.05, 4.69) is 4.98 Å². The van der Waals surface area contributed by atoms with Crippen molar-refractivity contribution in [2.45, 2.75) is 69.6 Å². The minimum atomic E-state index is -4.97. The molecule has 2 aliphatic heterocycles. The Morgan fingerprint density at radius 3 is 2.26 bits per heavy atom. The number of β-amino-alcohol motifs (C(OH)–C–C–N with tert-alkyl or cyclic N) is 2. The largest absolute Gasteiger partial charge is 0.421 e.